The Hall–Kier alpha value is -3.68. The molecule has 2 aromatic rings. The van der Waals surface area contributed by atoms with Gasteiger partial charge in [0.15, 0.2) is 0 Å². The highest BCUT2D eigenvalue weighted by Gasteiger charge is 2.55. The van der Waals surface area contributed by atoms with Gasteiger partial charge >= 0.3 is 6.03 Å². The molecule has 1 aliphatic carbocycles. The van der Waals surface area contributed by atoms with Gasteiger partial charge in [0.2, 0.25) is 5.91 Å². The third kappa shape index (κ3) is 4.81. The van der Waals surface area contributed by atoms with Crippen molar-refractivity contribution in [2.24, 2.45) is 5.92 Å². The van der Waals surface area contributed by atoms with Crippen molar-refractivity contribution < 1.29 is 19.2 Å². The van der Waals surface area contributed by atoms with Crippen molar-refractivity contribution in [1.82, 2.24) is 15.5 Å². The summed E-state index contributed by atoms with van der Waals surface area (Å²) >= 11 is 0. The van der Waals surface area contributed by atoms with Gasteiger partial charge < -0.3 is 16.0 Å². The molecule has 1 aliphatic heterocycles. The van der Waals surface area contributed by atoms with Gasteiger partial charge in [0.05, 0.1) is 11.3 Å². The predicted molar refractivity (Wildman–Crippen MR) is 128 cm³/mol. The monoisotopic (exact) mass is 462 g/mol. The van der Waals surface area contributed by atoms with Gasteiger partial charge in [0.1, 0.15) is 12.1 Å². The van der Waals surface area contributed by atoms with Crippen LogP contribution in [0.1, 0.15) is 48.5 Å². The Morgan fingerprint density at radius 2 is 1.79 bits per heavy atom. The van der Waals surface area contributed by atoms with Crippen LogP contribution in [0.2, 0.25) is 0 Å². The Balaban J connectivity index is 1.37. The first kappa shape index (κ1) is 23.5. The molecular formula is C26H30N4O4. The van der Waals surface area contributed by atoms with E-state index in [1.54, 1.807) is 24.3 Å². The lowest BCUT2D eigenvalue weighted by atomic mass is 9.73. The molecule has 1 saturated carbocycles. The zero-order valence-corrected chi connectivity index (χ0v) is 19.3. The van der Waals surface area contributed by atoms with Gasteiger partial charge in [0.25, 0.3) is 11.8 Å². The summed E-state index contributed by atoms with van der Waals surface area (Å²) in [4.78, 5) is 52.1. The highest BCUT2D eigenvalue weighted by atomic mass is 16.2. The standard InChI is InChI=1S/C26H30N4O4/c1-18-9-7-8-15-26(18)24(33)30(25(34)29-26)17-22(31)28-21-13-6-5-12-20(21)23(32)27-16-14-19-10-3-2-4-11-19/h2-6,10-13,18H,7-9,14-17H2,1H3,(H,27,32)(H,28,31)(H,29,34)/t18-,26-/m1/s1. The van der Waals surface area contributed by atoms with Crippen molar-refractivity contribution in [2.75, 3.05) is 18.4 Å². The Labute approximate surface area is 199 Å². The summed E-state index contributed by atoms with van der Waals surface area (Å²) in [6, 6.07) is 16.0. The second-order valence-corrected chi connectivity index (χ2v) is 9.02. The summed E-state index contributed by atoms with van der Waals surface area (Å²) in [5.74, 6) is -1.16. The van der Waals surface area contributed by atoms with Crippen LogP contribution in [0.3, 0.4) is 0 Å². The van der Waals surface area contributed by atoms with Crippen molar-refractivity contribution in [3.63, 3.8) is 0 Å². The second kappa shape index (κ2) is 10.1. The third-order valence-electron chi connectivity index (χ3n) is 6.79. The molecular weight excluding hydrogens is 432 g/mol. The zero-order valence-electron chi connectivity index (χ0n) is 19.3. The van der Waals surface area contributed by atoms with Gasteiger partial charge in [-0.25, -0.2) is 4.79 Å². The van der Waals surface area contributed by atoms with E-state index in [1.165, 1.54) is 0 Å². The summed E-state index contributed by atoms with van der Waals surface area (Å²) in [5.41, 5.74) is 0.852. The lowest BCUT2D eigenvalue weighted by Gasteiger charge is -2.36. The molecule has 8 heteroatoms. The molecule has 1 heterocycles. The summed E-state index contributed by atoms with van der Waals surface area (Å²) in [6.45, 7) is 2.02. The number of nitrogens with zero attached hydrogens (tertiary/aromatic N) is 1. The number of carbonyl (C=O) groups is 4. The van der Waals surface area contributed by atoms with E-state index in [-0.39, 0.29) is 17.7 Å². The third-order valence-corrected chi connectivity index (χ3v) is 6.79. The average Bonchev–Trinajstić information content (AvgIpc) is 3.06. The number of hydrogen-bond donors (Lipinski definition) is 3. The Morgan fingerprint density at radius 3 is 2.56 bits per heavy atom. The van der Waals surface area contributed by atoms with Crippen LogP contribution in [0.25, 0.3) is 0 Å². The summed E-state index contributed by atoms with van der Waals surface area (Å²) in [5, 5.41) is 8.42. The predicted octanol–water partition coefficient (Wildman–Crippen LogP) is 3.10. The quantitative estimate of drug-likeness (QED) is 0.550. The van der Waals surface area contributed by atoms with Crippen LogP contribution in [0.15, 0.2) is 54.6 Å². The van der Waals surface area contributed by atoms with E-state index < -0.39 is 24.0 Å². The number of anilines is 1. The molecule has 0 aromatic heterocycles. The molecule has 5 amide bonds. The molecule has 2 atom stereocenters. The fourth-order valence-electron chi connectivity index (χ4n) is 4.82. The van der Waals surface area contributed by atoms with Gasteiger partial charge in [0, 0.05) is 6.54 Å². The average molecular weight is 463 g/mol. The van der Waals surface area contributed by atoms with Crippen LogP contribution in [-0.4, -0.2) is 47.3 Å². The molecule has 0 radical (unpaired) electrons. The van der Waals surface area contributed by atoms with Crippen LogP contribution in [0.5, 0.6) is 0 Å². The van der Waals surface area contributed by atoms with Gasteiger partial charge in [-0.3, -0.25) is 19.3 Å². The Kier molecular flexibility index (Phi) is 6.95. The first-order chi connectivity index (χ1) is 16.4. The molecule has 2 aliphatic rings. The fourth-order valence-corrected chi connectivity index (χ4v) is 4.82. The molecule has 34 heavy (non-hydrogen) atoms. The molecule has 1 spiro atoms. The van der Waals surface area contributed by atoms with E-state index in [1.807, 2.05) is 37.3 Å². The van der Waals surface area contributed by atoms with Crippen LogP contribution < -0.4 is 16.0 Å². The van der Waals surface area contributed by atoms with Gasteiger partial charge in [-0.05, 0) is 42.9 Å². The summed E-state index contributed by atoms with van der Waals surface area (Å²) in [6.07, 6.45) is 4.02. The summed E-state index contributed by atoms with van der Waals surface area (Å²) in [7, 11) is 0. The highest BCUT2D eigenvalue weighted by molar-refractivity contribution is 6.11. The minimum absolute atomic E-state index is 0.0195. The topological polar surface area (TPSA) is 108 Å². The Bertz CT molecular complexity index is 1090. The maximum absolute atomic E-state index is 13.1. The number of benzene rings is 2. The van der Waals surface area contributed by atoms with Gasteiger partial charge in [-0.1, -0.05) is 62.2 Å². The maximum Gasteiger partial charge on any atom is 0.325 e. The normalized spacial score (nSPS) is 21.9. The number of para-hydroxylation sites is 1. The first-order valence-electron chi connectivity index (χ1n) is 11.8. The molecule has 2 fully saturated rings. The van der Waals surface area contributed by atoms with Crippen LogP contribution >= 0.6 is 0 Å². The molecule has 1 saturated heterocycles. The van der Waals surface area contributed by atoms with Gasteiger partial charge in [-0.15, -0.1) is 0 Å². The number of amides is 5. The lowest BCUT2D eigenvalue weighted by Crippen LogP contribution is -2.54. The lowest BCUT2D eigenvalue weighted by molar-refractivity contribution is -0.136. The molecule has 4 rings (SSSR count). The largest absolute Gasteiger partial charge is 0.352 e. The maximum atomic E-state index is 13.1. The SMILES string of the molecule is C[C@@H]1CCCC[C@@]12NC(=O)N(CC(=O)Nc1ccccc1C(=O)NCCc1ccccc1)C2=O. The van der Waals surface area contributed by atoms with E-state index in [0.717, 1.165) is 29.7 Å². The number of carbonyl (C=O) groups excluding carboxylic acids is 4. The minimum atomic E-state index is -0.911. The van der Waals surface area contributed by atoms with E-state index in [4.69, 9.17) is 0 Å². The van der Waals surface area contributed by atoms with Gasteiger partial charge in [-0.2, -0.15) is 0 Å². The molecule has 3 N–H and O–H groups in total. The first-order valence-corrected chi connectivity index (χ1v) is 11.8. The molecule has 2 aromatic carbocycles. The minimum Gasteiger partial charge on any atom is -0.352 e. The number of rotatable bonds is 7. The highest BCUT2D eigenvalue weighted by Crippen LogP contribution is 2.38. The summed E-state index contributed by atoms with van der Waals surface area (Å²) < 4.78 is 0. The van der Waals surface area contributed by atoms with Crippen LogP contribution in [0, 0.1) is 5.92 Å². The van der Waals surface area contributed by atoms with Crippen molar-refractivity contribution >= 4 is 29.4 Å². The van der Waals surface area contributed by atoms with Crippen molar-refractivity contribution in [1.29, 1.82) is 0 Å². The molecule has 0 bridgehead atoms. The molecule has 178 valence electrons. The van der Waals surface area contributed by atoms with Crippen molar-refractivity contribution in [2.45, 2.75) is 44.6 Å². The fraction of sp³-hybridized carbons (Fsp3) is 0.385. The molecule has 8 nitrogen and oxygen atoms in total. The number of nitrogens with one attached hydrogen (secondary N) is 3. The van der Waals surface area contributed by atoms with E-state index >= 15 is 0 Å². The molecule has 0 unspecified atom stereocenters. The smallest absolute Gasteiger partial charge is 0.325 e. The number of imide groups is 1. The number of hydrogen-bond acceptors (Lipinski definition) is 4. The van der Waals surface area contributed by atoms with Crippen LogP contribution in [0.4, 0.5) is 10.5 Å². The van der Waals surface area contributed by atoms with Crippen molar-refractivity contribution in [3.8, 4) is 0 Å². The van der Waals surface area contributed by atoms with Crippen molar-refractivity contribution in [3.05, 3.63) is 65.7 Å². The zero-order chi connectivity index (χ0) is 24.1. The van der Waals surface area contributed by atoms with E-state index in [0.29, 0.717) is 30.6 Å². The van der Waals surface area contributed by atoms with Crippen LogP contribution in [-0.2, 0) is 16.0 Å². The second-order valence-electron chi connectivity index (χ2n) is 9.02. The number of urea groups is 1. The van der Waals surface area contributed by atoms with E-state index in [9.17, 15) is 19.2 Å². The Morgan fingerprint density at radius 1 is 1.06 bits per heavy atom. The van der Waals surface area contributed by atoms with E-state index in [2.05, 4.69) is 16.0 Å².